The molecule has 0 aliphatic heterocycles. The van der Waals surface area contributed by atoms with Crippen LogP contribution >= 0.6 is 23.2 Å². The Bertz CT molecular complexity index is 1390. The molecule has 1 aromatic carbocycles. The molecule has 5 rings (SSSR count). The topological polar surface area (TPSA) is 63.7 Å². The van der Waals surface area contributed by atoms with E-state index in [0.717, 1.165) is 23.0 Å². The molecule has 1 N–H and O–H groups in total. The monoisotopic (exact) mass is 552 g/mol. The first-order chi connectivity index (χ1) is 18.5. The van der Waals surface area contributed by atoms with Crippen molar-refractivity contribution in [1.82, 2.24) is 20.2 Å². The fourth-order valence-electron chi connectivity index (χ4n) is 5.20. The lowest BCUT2D eigenvalue weighted by atomic mass is 9.88. The fourth-order valence-corrected chi connectivity index (χ4v) is 5.87. The first kappa shape index (κ1) is 26.6. The maximum atomic E-state index is 15.2. The number of pyridine rings is 2. The quantitative estimate of drug-likeness (QED) is 0.248. The van der Waals surface area contributed by atoms with Crippen molar-refractivity contribution >= 4 is 46.0 Å². The summed E-state index contributed by atoms with van der Waals surface area (Å²) in [5.74, 6) is 0.873. The summed E-state index contributed by atoms with van der Waals surface area (Å²) in [7, 11) is 0. The molecule has 1 aliphatic rings. The summed E-state index contributed by atoms with van der Waals surface area (Å²) in [6.45, 7) is 1.86. The number of rotatable bonds is 7. The van der Waals surface area contributed by atoms with Gasteiger partial charge in [0.15, 0.2) is 0 Å². The second kappa shape index (κ2) is 12.3. The van der Waals surface area contributed by atoms with Gasteiger partial charge in [-0.15, -0.1) is 0 Å². The number of nitrogens with one attached hydrogen (secondary N) is 1. The van der Waals surface area contributed by atoms with Crippen LogP contribution in [0.3, 0.4) is 0 Å². The third kappa shape index (κ3) is 6.36. The van der Waals surface area contributed by atoms with Crippen LogP contribution in [-0.2, 0) is 6.42 Å². The van der Waals surface area contributed by atoms with E-state index >= 15 is 4.39 Å². The number of aromatic nitrogens is 4. The Hall–Kier alpha value is -2.96. The molecule has 3 heterocycles. The molecule has 8 heteroatoms. The van der Waals surface area contributed by atoms with Crippen molar-refractivity contribution in [2.45, 2.75) is 64.4 Å². The minimum atomic E-state index is -0.412. The Balaban J connectivity index is 1.31. The van der Waals surface area contributed by atoms with Crippen LogP contribution in [0.25, 0.3) is 22.8 Å². The summed E-state index contributed by atoms with van der Waals surface area (Å²) in [6.07, 6.45) is 15.8. The van der Waals surface area contributed by atoms with Crippen LogP contribution in [0.2, 0.25) is 10.0 Å². The Morgan fingerprint density at radius 2 is 1.79 bits per heavy atom. The molecule has 1 unspecified atom stereocenters. The average molecular weight is 554 g/mol. The zero-order chi connectivity index (χ0) is 26.5. The summed E-state index contributed by atoms with van der Waals surface area (Å²) < 4.78 is 21.3. The molecule has 0 radical (unpaired) electrons. The van der Waals surface area contributed by atoms with Gasteiger partial charge in [0.1, 0.15) is 17.7 Å². The molecule has 1 fully saturated rings. The van der Waals surface area contributed by atoms with E-state index in [4.69, 9.17) is 27.9 Å². The van der Waals surface area contributed by atoms with Crippen molar-refractivity contribution < 1.29 is 9.13 Å². The van der Waals surface area contributed by atoms with Crippen molar-refractivity contribution in [1.29, 1.82) is 0 Å². The maximum absolute atomic E-state index is 15.2. The molecule has 198 valence electrons. The van der Waals surface area contributed by atoms with Crippen molar-refractivity contribution in [2.75, 3.05) is 0 Å². The maximum Gasteiger partial charge on any atom is 0.134 e. The first-order valence-electron chi connectivity index (χ1n) is 13.2. The van der Waals surface area contributed by atoms with E-state index in [1.54, 1.807) is 6.20 Å². The summed E-state index contributed by atoms with van der Waals surface area (Å²) in [5, 5.41) is 8.88. The molecule has 4 aromatic rings. The summed E-state index contributed by atoms with van der Waals surface area (Å²) in [4.78, 5) is 8.57. The summed E-state index contributed by atoms with van der Waals surface area (Å²) in [5.41, 5.74) is 3.38. The number of nitrogens with zero attached hydrogens (tertiary/aromatic N) is 3. The normalized spacial score (nSPS) is 16.3. The third-order valence-corrected chi connectivity index (χ3v) is 7.86. The predicted molar refractivity (Wildman–Crippen MR) is 152 cm³/mol. The largest absolute Gasteiger partial charge is 0.486 e. The van der Waals surface area contributed by atoms with E-state index in [1.807, 2.05) is 37.3 Å². The number of hydrogen-bond acceptors (Lipinski definition) is 4. The van der Waals surface area contributed by atoms with Gasteiger partial charge in [0, 0.05) is 46.9 Å². The molecule has 1 aliphatic carbocycles. The number of benzene rings is 1. The first-order valence-corrected chi connectivity index (χ1v) is 14.0. The number of fused-ring (bicyclic) bond motifs is 1. The lowest BCUT2D eigenvalue weighted by Gasteiger charge is -2.19. The fraction of sp³-hybridized carbons (Fsp3) is 0.367. The molecular formula is C30H31Cl2FN4O. The van der Waals surface area contributed by atoms with E-state index < -0.39 is 11.9 Å². The van der Waals surface area contributed by atoms with Crippen LogP contribution in [0.5, 0.6) is 5.75 Å². The van der Waals surface area contributed by atoms with E-state index in [-0.39, 0.29) is 0 Å². The van der Waals surface area contributed by atoms with Gasteiger partial charge < -0.3 is 4.74 Å². The van der Waals surface area contributed by atoms with Crippen molar-refractivity contribution in [3.63, 3.8) is 0 Å². The van der Waals surface area contributed by atoms with Crippen molar-refractivity contribution in [3.05, 3.63) is 81.5 Å². The Morgan fingerprint density at radius 3 is 2.50 bits per heavy atom. The molecule has 0 bridgehead atoms. The molecular weight excluding hydrogens is 522 g/mol. The van der Waals surface area contributed by atoms with Gasteiger partial charge in [0.05, 0.1) is 21.3 Å². The SMILES string of the molecule is CC(Oc1ccc2[nH]nc(/C=C(\F)c3ccc(CC4CCCCCCC4)nc3)c2c1)c1c(Cl)cncc1Cl. The van der Waals surface area contributed by atoms with E-state index in [2.05, 4.69) is 20.2 Å². The highest BCUT2D eigenvalue weighted by molar-refractivity contribution is 6.35. The molecule has 0 spiro atoms. The molecule has 3 aromatic heterocycles. The molecule has 5 nitrogen and oxygen atoms in total. The highest BCUT2D eigenvalue weighted by atomic mass is 35.5. The van der Waals surface area contributed by atoms with E-state index in [9.17, 15) is 0 Å². The number of halogens is 3. The summed E-state index contributed by atoms with van der Waals surface area (Å²) >= 11 is 12.6. The van der Waals surface area contributed by atoms with Crippen LogP contribution in [-0.4, -0.2) is 20.2 Å². The second-order valence-electron chi connectivity index (χ2n) is 10.0. The lowest BCUT2D eigenvalue weighted by molar-refractivity contribution is 0.227. The van der Waals surface area contributed by atoms with Crippen LogP contribution in [0.15, 0.2) is 48.9 Å². The van der Waals surface area contributed by atoms with Crippen LogP contribution in [0, 0.1) is 5.92 Å². The third-order valence-electron chi connectivity index (χ3n) is 7.26. The summed E-state index contributed by atoms with van der Waals surface area (Å²) in [6, 6.07) is 9.26. The molecule has 0 amide bonds. The highest BCUT2D eigenvalue weighted by Crippen LogP contribution is 2.34. The van der Waals surface area contributed by atoms with E-state index in [0.29, 0.717) is 38.5 Å². The van der Waals surface area contributed by atoms with Gasteiger partial charge in [-0.1, -0.05) is 68.1 Å². The molecule has 1 saturated carbocycles. The Kier molecular flexibility index (Phi) is 8.60. The number of aromatic amines is 1. The lowest BCUT2D eigenvalue weighted by Crippen LogP contribution is -2.08. The number of hydrogen-bond donors (Lipinski definition) is 1. The molecule has 38 heavy (non-hydrogen) atoms. The Morgan fingerprint density at radius 1 is 1.05 bits per heavy atom. The second-order valence-corrected chi connectivity index (χ2v) is 10.9. The zero-order valence-corrected chi connectivity index (χ0v) is 22.9. The van der Waals surface area contributed by atoms with Gasteiger partial charge in [-0.2, -0.15) is 5.10 Å². The smallest absolute Gasteiger partial charge is 0.134 e. The van der Waals surface area contributed by atoms with Gasteiger partial charge in [-0.05, 0) is 49.6 Å². The van der Waals surface area contributed by atoms with Crippen LogP contribution in [0.4, 0.5) is 4.39 Å². The molecule has 0 saturated heterocycles. The minimum absolute atomic E-state index is 0.390. The minimum Gasteiger partial charge on any atom is -0.486 e. The van der Waals surface area contributed by atoms with Gasteiger partial charge in [-0.25, -0.2) is 4.39 Å². The van der Waals surface area contributed by atoms with Gasteiger partial charge in [0.25, 0.3) is 0 Å². The van der Waals surface area contributed by atoms with Crippen molar-refractivity contribution in [2.24, 2.45) is 5.92 Å². The van der Waals surface area contributed by atoms with Crippen LogP contribution < -0.4 is 4.74 Å². The van der Waals surface area contributed by atoms with Gasteiger partial charge >= 0.3 is 0 Å². The van der Waals surface area contributed by atoms with Crippen LogP contribution in [0.1, 0.15) is 80.5 Å². The van der Waals surface area contributed by atoms with Crippen molar-refractivity contribution in [3.8, 4) is 5.75 Å². The molecule has 1 atom stereocenters. The van der Waals surface area contributed by atoms with Gasteiger partial charge in [-0.3, -0.25) is 15.1 Å². The number of H-pyrrole nitrogens is 1. The number of ether oxygens (including phenoxy) is 1. The Labute approximate surface area is 232 Å². The average Bonchev–Trinajstić information content (AvgIpc) is 3.27. The zero-order valence-electron chi connectivity index (χ0n) is 21.4. The standard InChI is InChI=1S/C30H31Cl2FN4O/c1-19(30-25(31)17-34-18-26(30)32)38-23-11-12-28-24(14-23)29(37-36-28)15-27(33)21-9-10-22(35-16-21)13-20-7-5-3-2-4-6-8-20/h9-12,14-20H,2-8,13H2,1H3,(H,36,37)/b27-15-. The van der Waals surface area contributed by atoms with E-state index in [1.165, 1.54) is 63.4 Å². The van der Waals surface area contributed by atoms with Gasteiger partial charge in [0.2, 0.25) is 0 Å². The predicted octanol–water partition coefficient (Wildman–Crippen LogP) is 9.17. The highest BCUT2D eigenvalue weighted by Gasteiger charge is 2.17.